The van der Waals surface area contributed by atoms with Gasteiger partial charge in [-0.05, 0) is 68.0 Å². The summed E-state index contributed by atoms with van der Waals surface area (Å²) in [6.07, 6.45) is 12.3. The number of piperidine rings is 2. The second-order valence-electron chi connectivity index (χ2n) is 7.83. The molecule has 0 saturated carbocycles. The standard InChI is InChI=1S/C21H27N3O2/c25-20-1-6-21(17-24(20)11-4-18-2-9-22-10-3-18)7-12-23(13-8-21)15-19-5-14-26-16-19/h2-3,5,9-10,14,16H,1,4,6-8,11-13,15,17H2. The molecule has 0 bridgehead atoms. The van der Waals surface area contributed by atoms with Gasteiger partial charge in [-0.1, -0.05) is 0 Å². The molecule has 0 unspecified atom stereocenters. The fourth-order valence-electron chi connectivity index (χ4n) is 4.35. The molecule has 2 fully saturated rings. The van der Waals surface area contributed by atoms with Gasteiger partial charge >= 0.3 is 0 Å². The number of likely N-dealkylation sites (tertiary alicyclic amines) is 2. The van der Waals surface area contributed by atoms with Crippen molar-refractivity contribution < 1.29 is 9.21 Å². The highest BCUT2D eigenvalue weighted by molar-refractivity contribution is 5.77. The molecule has 0 aliphatic carbocycles. The Morgan fingerprint density at radius 1 is 1.08 bits per heavy atom. The van der Waals surface area contributed by atoms with Crippen molar-refractivity contribution in [3.05, 3.63) is 54.2 Å². The number of carbonyl (C=O) groups is 1. The first-order valence-corrected chi connectivity index (χ1v) is 9.63. The van der Waals surface area contributed by atoms with Crippen molar-refractivity contribution >= 4 is 5.91 Å². The maximum Gasteiger partial charge on any atom is 0.222 e. The Hall–Kier alpha value is -2.14. The van der Waals surface area contributed by atoms with Crippen LogP contribution in [0.4, 0.5) is 0 Å². The Kier molecular flexibility index (Phi) is 5.07. The quantitative estimate of drug-likeness (QED) is 0.829. The summed E-state index contributed by atoms with van der Waals surface area (Å²) in [5, 5.41) is 0. The van der Waals surface area contributed by atoms with Crippen LogP contribution in [-0.2, 0) is 17.8 Å². The Morgan fingerprint density at radius 3 is 2.62 bits per heavy atom. The smallest absolute Gasteiger partial charge is 0.222 e. The van der Waals surface area contributed by atoms with Gasteiger partial charge in [-0.15, -0.1) is 0 Å². The topological polar surface area (TPSA) is 49.6 Å². The molecule has 0 N–H and O–H groups in total. The van der Waals surface area contributed by atoms with Gasteiger partial charge in [-0.3, -0.25) is 14.7 Å². The second-order valence-corrected chi connectivity index (χ2v) is 7.83. The molecule has 4 rings (SSSR count). The maximum absolute atomic E-state index is 12.4. The van der Waals surface area contributed by atoms with Crippen LogP contribution in [-0.4, -0.2) is 46.9 Å². The van der Waals surface area contributed by atoms with Crippen LogP contribution in [0.15, 0.2) is 47.5 Å². The van der Waals surface area contributed by atoms with Gasteiger partial charge in [0, 0.05) is 44.0 Å². The van der Waals surface area contributed by atoms with Crippen molar-refractivity contribution in [1.82, 2.24) is 14.8 Å². The lowest BCUT2D eigenvalue weighted by Crippen LogP contribution is -2.51. The summed E-state index contributed by atoms with van der Waals surface area (Å²) in [5.41, 5.74) is 2.82. The number of amides is 1. The molecular weight excluding hydrogens is 326 g/mol. The predicted molar refractivity (Wildman–Crippen MR) is 99.4 cm³/mol. The summed E-state index contributed by atoms with van der Waals surface area (Å²) < 4.78 is 5.18. The fourth-order valence-corrected chi connectivity index (χ4v) is 4.35. The molecule has 0 aromatic carbocycles. The van der Waals surface area contributed by atoms with Gasteiger partial charge in [-0.2, -0.15) is 0 Å². The summed E-state index contributed by atoms with van der Waals surface area (Å²) in [6.45, 7) is 4.94. The number of furan rings is 1. The zero-order chi connectivity index (χ0) is 17.8. The van der Waals surface area contributed by atoms with Gasteiger partial charge in [0.25, 0.3) is 0 Å². The lowest BCUT2D eigenvalue weighted by Gasteiger charge is -2.47. The number of hydrogen-bond donors (Lipinski definition) is 0. The summed E-state index contributed by atoms with van der Waals surface area (Å²) >= 11 is 0. The van der Waals surface area contributed by atoms with Crippen LogP contribution in [0.2, 0.25) is 0 Å². The van der Waals surface area contributed by atoms with Crippen LogP contribution >= 0.6 is 0 Å². The van der Waals surface area contributed by atoms with Gasteiger partial charge in [0.15, 0.2) is 0 Å². The summed E-state index contributed by atoms with van der Waals surface area (Å²) in [7, 11) is 0. The van der Waals surface area contributed by atoms with E-state index >= 15 is 0 Å². The maximum atomic E-state index is 12.4. The Morgan fingerprint density at radius 2 is 1.88 bits per heavy atom. The van der Waals surface area contributed by atoms with Crippen LogP contribution in [0, 0.1) is 5.41 Å². The Bertz CT molecular complexity index is 706. The zero-order valence-electron chi connectivity index (χ0n) is 15.3. The molecule has 0 radical (unpaired) electrons. The zero-order valence-corrected chi connectivity index (χ0v) is 15.3. The van der Waals surface area contributed by atoms with Gasteiger partial charge in [-0.25, -0.2) is 0 Å². The molecule has 2 aromatic rings. The van der Waals surface area contributed by atoms with E-state index in [9.17, 15) is 4.79 Å². The molecule has 1 amide bonds. The van der Waals surface area contributed by atoms with Crippen LogP contribution in [0.3, 0.4) is 0 Å². The first kappa shape index (κ1) is 17.3. The number of pyridine rings is 1. The Labute approximate surface area is 155 Å². The molecule has 1 spiro atoms. The van der Waals surface area contributed by atoms with Crippen LogP contribution in [0.1, 0.15) is 36.8 Å². The van der Waals surface area contributed by atoms with E-state index in [0.29, 0.717) is 17.7 Å². The lowest BCUT2D eigenvalue weighted by atomic mass is 9.72. The average Bonchev–Trinajstić information content (AvgIpc) is 3.19. The number of aromatic nitrogens is 1. The summed E-state index contributed by atoms with van der Waals surface area (Å²) in [4.78, 5) is 21.1. The van der Waals surface area contributed by atoms with Gasteiger partial charge in [0.05, 0.1) is 12.5 Å². The van der Waals surface area contributed by atoms with E-state index in [0.717, 1.165) is 45.6 Å². The highest BCUT2D eigenvalue weighted by Crippen LogP contribution is 2.40. The molecule has 2 saturated heterocycles. The van der Waals surface area contributed by atoms with Crippen molar-refractivity contribution in [1.29, 1.82) is 0 Å². The first-order valence-electron chi connectivity index (χ1n) is 9.63. The normalized spacial score (nSPS) is 20.6. The van der Waals surface area contributed by atoms with E-state index in [2.05, 4.69) is 14.8 Å². The van der Waals surface area contributed by atoms with Gasteiger partial charge in [0.2, 0.25) is 5.91 Å². The molecule has 2 aliphatic heterocycles. The van der Waals surface area contributed by atoms with E-state index in [-0.39, 0.29) is 0 Å². The van der Waals surface area contributed by atoms with E-state index in [4.69, 9.17) is 4.42 Å². The second kappa shape index (κ2) is 7.62. The molecule has 5 nitrogen and oxygen atoms in total. The third kappa shape index (κ3) is 3.98. The van der Waals surface area contributed by atoms with Crippen molar-refractivity contribution in [2.75, 3.05) is 26.2 Å². The van der Waals surface area contributed by atoms with E-state index in [1.807, 2.05) is 36.9 Å². The molecular formula is C21H27N3O2. The van der Waals surface area contributed by atoms with Crippen LogP contribution in [0.25, 0.3) is 0 Å². The molecule has 2 aromatic heterocycles. The highest BCUT2D eigenvalue weighted by Gasteiger charge is 2.40. The van der Waals surface area contributed by atoms with Gasteiger partial charge in [0.1, 0.15) is 0 Å². The van der Waals surface area contributed by atoms with E-state index in [1.54, 1.807) is 6.26 Å². The monoisotopic (exact) mass is 353 g/mol. The largest absolute Gasteiger partial charge is 0.472 e. The number of rotatable bonds is 5. The number of nitrogens with zero attached hydrogens (tertiary/aromatic N) is 3. The molecule has 138 valence electrons. The summed E-state index contributed by atoms with van der Waals surface area (Å²) in [6, 6.07) is 6.13. The van der Waals surface area contributed by atoms with E-state index in [1.165, 1.54) is 24.0 Å². The van der Waals surface area contributed by atoms with Crippen molar-refractivity contribution in [3.8, 4) is 0 Å². The SMILES string of the molecule is O=C1CCC2(CCN(Cc3ccoc3)CC2)CN1CCc1ccncc1. The number of hydrogen-bond acceptors (Lipinski definition) is 4. The van der Waals surface area contributed by atoms with Crippen molar-refractivity contribution in [3.63, 3.8) is 0 Å². The number of carbonyl (C=O) groups excluding carboxylic acids is 1. The highest BCUT2D eigenvalue weighted by atomic mass is 16.3. The Balaban J connectivity index is 1.32. The minimum atomic E-state index is 0.319. The average molecular weight is 353 g/mol. The molecule has 5 heteroatoms. The van der Waals surface area contributed by atoms with Crippen LogP contribution < -0.4 is 0 Å². The predicted octanol–water partition coefficient (Wildman–Crippen LogP) is 3.12. The molecule has 26 heavy (non-hydrogen) atoms. The lowest BCUT2D eigenvalue weighted by molar-refractivity contribution is -0.139. The minimum absolute atomic E-state index is 0.319. The van der Waals surface area contributed by atoms with E-state index < -0.39 is 0 Å². The fraction of sp³-hybridized carbons (Fsp3) is 0.524. The third-order valence-electron chi connectivity index (χ3n) is 6.07. The van der Waals surface area contributed by atoms with Crippen molar-refractivity contribution in [2.24, 2.45) is 5.41 Å². The third-order valence-corrected chi connectivity index (χ3v) is 6.07. The summed E-state index contributed by atoms with van der Waals surface area (Å²) in [5.74, 6) is 0.325. The minimum Gasteiger partial charge on any atom is -0.472 e. The molecule has 0 atom stereocenters. The van der Waals surface area contributed by atoms with Crippen LogP contribution in [0.5, 0.6) is 0 Å². The van der Waals surface area contributed by atoms with Gasteiger partial charge < -0.3 is 9.32 Å². The molecule has 4 heterocycles. The first-order chi connectivity index (χ1) is 12.7. The molecule has 2 aliphatic rings. The van der Waals surface area contributed by atoms with Crippen molar-refractivity contribution in [2.45, 2.75) is 38.6 Å².